The Balaban J connectivity index is 2.30. The maximum Gasteiger partial charge on any atom is 0.142 e. The summed E-state index contributed by atoms with van der Waals surface area (Å²) in [6, 6.07) is 5.99. The first-order chi connectivity index (χ1) is 8.61. The SMILES string of the molecule is CNC(c1ccc(-c2cncc(F)c2)s1)C(C)C. The van der Waals surface area contributed by atoms with E-state index >= 15 is 0 Å². The molecule has 0 saturated carbocycles. The van der Waals surface area contributed by atoms with Gasteiger partial charge in [0.25, 0.3) is 0 Å². The van der Waals surface area contributed by atoms with Crippen LogP contribution in [0.4, 0.5) is 4.39 Å². The van der Waals surface area contributed by atoms with Gasteiger partial charge < -0.3 is 5.32 Å². The lowest BCUT2D eigenvalue weighted by atomic mass is 10.0. The van der Waals surface area contributed by atoms with Crippen LogP contribution in [0, 0.1) is 11.7 Å². The number of rotatable bonds is 4. The van der Waals surface area contributed by atoms with Crippen LogP contribution in [0.1, 0.15) is 24.8 Å². The fourth-order valence-corrected chi connectivity index (χ4v) is 3.30. The molecule has 96 valence electrons. The quantitative estimate of drug-likeness (QED) is 0.907. The molecule has 2 aromatic heterocycles. The number of hydrogen-bond acceptors (Lipinski definition) is 3. The summed E-state index contributed by atoms with van der Waals surface area (Å²) in [7, 11) is 1.97. The highest BCUT2D eigenvalue weighted by molar-refractivity contribution is 7.15. The molecule has 1 atom stereocenters. The molecule has 0 radical (unpaired) electrons. The summed E-state index contributed by atoms with van der Waals surface area (Å²) in [5.74, 6) is 0.226. The molecule has 18 heavy (non-hydrogen) atoms. The standard InChI is InChI=1S/C14H17FN2S/c1-9(2)14(16-3)13-5-4-12(18-13)10-6-11(15)8-17-7-10/h4-9,14,16H,1-3H3. The van der Waals surface area contributed by atoms with Crippen molar-refractivity contribution < 1.29 is 4.39 Å². The van der Waals surface area contributed by atoms with Crippen molar-refractivity contribution in [3.05, 3.63) is 41.3 Å². The molecule has 0 aliphatic heterocycles. The van der Waals surface area contributed by atoms with E-state index in [2.05, 4.69) is 30.2 Å². The second-order valence-electron chi connectivity index (χ2n) is 4.60. The van der Waals surface area contributed by atoms with Gasteiger partial charge in [0.05, 0.1) is 6.20 Å². The fourth-order valence-electron chi connectivity index (χ4n) is 2.03. The van der Waals surface area contributed by atoms with Gasteiger partial charge in [-0.15, -0.1) is 11.3 Å². The molecule has 0 aromatic carbocycles. The van der Waals surface area contributed by atoms with E-state index in [0.717, 1.165) is 10.4 Å². The van der Waals surface area contributed by atoms with E-state index < -0.39 is 0 Å². The molecular weight excluding hydrogens is 247 g/mol. The molecule has 2 aromatic rings. The van der Waals surface area contributed by atoms with E-state index in [-0.39, 0.29) is 5.82 Å². The van der Waals surface area contributed by atoms with E-state index in [4.69, 9.17) is 0 Å². The number of halogens is 1. The third-order valence-electron chi connectivity index (χ3n) is 2.90. The molecule has 0 aliphatic carbocycles. The number of thiophene rings is 1. The summed E-state index contributed by atoms with van der Waals surface area (Å²) in [5.41, 5.74) is 0.838. The van der Waals surface area contributed by atoms with E-state index in [0.29, 0.717) is 12.0 Å². The number of pyridine rings is 1. The van der Waals surface area contributed by atoms with Gasteiger partial charge >= 0.3 is 0 Å². The highest BCUT2D eigenvalue weighted by Crippen LogP contribution is 2.33. The maximum absolute atomic E-state index is 13.1. The fraction of sp³-hybridized carbons (Fsp3) is 0.357. The third-order valence-corrected chi connectivity index (χ3v) is 4.12. The average molecular weight is 264 g/mol. The van der Waals surface area contributed by atoms with Crippen LogP contribution in [0.15, 0.2) is 30.6 Å². The predicted molar refractivity (Wildman–Crippen MR) is 74.1 cm³/mol. The second kappa shape index (κ2) is 5.59. The van der Waals surface area contributed by atoms with E-state index in [9.17, 15) is 4.39 Å². The van der Waals surface area contributed by atoms with Gasteiger partial charge in [-0.1, -0.05) is 13.8 Å². The van der Waals surface area contributed by atoms with Crippen LogP contribution in [0.5, 0.6) is 0 Å². The summed E-state index contributed by atoms with van der Waals surface area (Å²) in [5, 5.41) is 3.31. The Morgan fingerprint density at radius 1 is 1.28 bits per heavy atom. The largest absolute Gasteiger partial charge is 0.312 e. The van der Waals surface area contributed by atoms with Crippen molar-refractivity contribution in [2.45, 2.75) is 19.9 Å². The monoisotopic (exact) mass is 264 g/mol. The van der Waals surface area contributed by atoms with Crippen molar-refractivity contribution in [3.63, 3.8) is 0 Å². The molecule has 0 amide bonds. The van der Waals surface area contributed by atoms with E-state index in [1.165, 1.54) is 17.1 Å². The van der Waals surface area contributed by atoms with Gasteiger partial charge in [-0.3, -0.25) is 4.98 Å². The van der Waals surface area contributed by atoms with Gasteiger partial charge in [0.1, 0.15) is 5.82 Å². The zero-order valence-corrected chi connectivity index (χ0v) is 11.6. The highest BCUT2D eigenvalue weighted by Gasteiger charge is 2.16. The summed E-state index contributed by atoms with van der Waals surface area (Å²) in [4.78, 5) is 6.21. The maximum atomic E-state index is 13.1. The zero-order chi connectivity index (χ0) is 13.1. The Hall–Kier alpha value is -1.26. The van der Waals surface area contributed by atoms with Crippen LogP contribution in [-0.4, -0.2) is 12.0 Å². The summed E-state index contributed by atoms with van der Waals surface area (Å²) in [6.07, 6.45) is 2.92. The first kappa shape index (κ1) is 13.2. The Labute approximate surface area is 111 Å². The molecule has 2 rings (SSSR count). The Morgan fingerprint density at radius 3 is 2.67 bits per heavy atom. The minimum atomic E-state index is -0.295. The van der Waals surface area contributed by atoms with Crippen LogP contribution < -0.4 is 5.32 Å². The molecule has 1 N–H and O–H groups in total. The lowest BCUT2D eigenvalue weighted by Gasteiger charge is -2.18. The van der Waals surface area contributed by atoms with Gasteiger partial charge in [0, 0.05) is 27.6 Å². The van der Waals surface area contributed by atoms with Crippen LogP contribution in [-0.2, 0) is 0 Å². The van der Waals surface area contributed by atoms with E-state index in [1.54, 1.807) is 17.5 Å². The first-order valence-electron chi connectivity index (χ1n) is 5.99. The average Bonchev–Trinajstić information content (AvgIpc) is 2.79. The molecule has 1 unspecified atom stereocenters. The lowest BCUT2D eigenvalue weighted by molar-refractivity contribution is 0.449. The van der Waals surface area contributed by atoms with Crippen molar-refractivity contribution in [2.75, 3.05) is 7.05 Å². The highest BCUT2D eigenvalue weighted by atomic mass is 32.1. The van der Waals surface area contributed by atoms with Crippen molar-refractivity contribution in [1.82, 2.24) is 10.3 Å². The summed E-state index contributed by atoms with van der Waals surface area (Å²) < 4.78 is 13.1. The van der Waals surface area contributed by atoms with Crippen LogP contribution in [0.25, 0.3) is 10.4 Å². The van der Waals surface area contributed by atoms with Crippen molar-refractivity contribution in [3.8, 4) is 10.4 Å². The van der Waals surface area contributed by atoms with E-state index in [1.807, 2.05) is 13.1 Å². The van der Waals surface area contributed by atoms with Gasteiger partial charge in [-0.2, -0.15) is 0 Å². The van der Waals surface area contributed by atoms with Gasteiger partial charge in [-0.05, 0) is 31.2 Å². The Morgan fingerprint density at radius 2 is 2.06 bits per heavy atom. The van der Waals surface area contributed by atoms with Gasteiger partial charge in [-0.25, -0.2) is 4.39 Å². The van der Waals surface area contributed by atoms with Gasteiger partial charge in [0.2, 0.25) is 0 Å². The molecule has 0 fully saturated rings. The van der Waals surface area contributed by atoms with Crippen molar-refractivity contribution in [2.24, 2.45) is 5.92 Å². The first-order valence-corrected chi connectivity index (χ1v) is 6.81. The molecule has 0 aliphatic rings. The topological polar surface area (TPSA) is 24.9 Å². The summed E-state index contributed by atoms with van der Waals surface area (Å²) in [6.45, 7) is 4.37. The third kappa shape index (κ3) is 2.76. The number of nitrogens with zero attached hydrogens (tertiary/aromatic N) is 1. The number of aromatic nitrogens is 1. The Bertz CT molecular complexity index is 522. The molecule has 2 heterocycles. The molecule has 4 heteroatoms. The van der Waals surface area contributed by atoms with Crippen LogP contribution >= 0.6 is 11.3 Å². The molecule has 0 spiro atoms. The zero-order valence-electron chi connectivity index (χ0n) is 10.8. The van der Waals surface area contributed by atoms with Crippen molar-refractivity contribution in [1.29, 1.82) is 0 Å². The predicted octanol–water partition coefficient (Wildman–Crippen LogP) is 3.87. The number of hydrogen-bond donors (Lipinski definition) is 1. The van der Waals surface area contributed by atoms with Crippen LogP contribution in [0.3, 0.4) is 0 Å². The minimum absolute atomic E-state index is 0.295. The molecule has 0 saturated heterocycles. The molecule has 0 bridgehead atoms. The second-order valence-corrected chi connectivity index (χ2v) is 5.72. The van der Waals surface area contributed by atoms with Gasteiger partial charge in [0.15, 0.2) is 0 Å². The molecular formula is C14H17FN2S. The minimum Gasteiger partial charge on any atom is -0.312 e. The summed E-state index contributed by atoms with van der Waals surface area (Å²) >= 11 is 1.69. The van der Waals surface area contributed by atoms with Crippen molar-refractivity contribution >= 4 is 11.3 Å². The lowest BCUT2D eigenvalue weighted by Crippen LogP contribution is -2.20. The Kier molecular flexibility index (Phi) is 4.09. The molecule has 2 nitrogen and oxygen atoms in total. The normalized spacial score (nSPS) is 12.9. The smallest absolute Gasteiger partial charge is 0.142 e. The number of nitrogens with one attached hydrogen (secondary N) is 1. The van der Waals surface area contributed by atoms with Crippen LogP contribution in [0.2, 0.25) is 0 Å².